The highest BCUT2D eigenvalue weighted by atomic mass is 79.9. The molecule has 1 aromatic carbocycles. The minimum Gasteiger partial charge on any atom is -0.1000 e. The molecule has 1 aromatic rings. The number of rotatable bonds is 1. The Morgan fingerprint density at radius 2 is 1.21 bits per heavy atom. The van der Waals surface area contributed by atoms with Crippen LogP contribution in [0.25, 0.3) is 0 Å². The molecule has 0 saturated heterocycles. The van der Waals surface area contributed by atoms with Crippen LogP contribution in [0.1, 0.15) is 10.4 Å². The molecule has 0 amide bonds. The van der Waals surface area contributed by atoms with E-state index in [4.69, 9.17) is 34.8 Å². The van der Waals surface area contributed by atoms with Gasteiger partial charge in [0.15, 0.2) is 0 Å². The van der Waals surface area contributed by atoms with Crippen molar-refractivity contribution in [3.63, 3.8) is 0 Å². The third-order valence-corrected chi connectivity index (χ3v) is 7.32. The summed E-state index contributed by atoms with van der Waals surface area (Å²) in [5.41, 5.74) is 0.636. The van der Waals surface area contributed by atoms with Crippen LogP contribution < -0.4 is 0 Å². The molecular formula is C7HBr4Cl3. The van der Waals surface area contributed by atoms with E-state index in [1.165, 1.54) is 0 Å². The van der Waals surface area contributed by atoms with Crippen LogP contribution in [0.4, 0.5) is 0 Å². The Kier molecular flexibility index (Phi) is 5.59. The monoisotopic (exact) mass is 506 g/mol. The minimum atomic E-state index is -0.683. The third-order valence-electron chi connectivity index (χ3n) is 1.46. The molecule has 0 nitrogen and oxygen atoms in total. The van der Waals surface area contributed by atoms with Crippen LogP contribution in [-0.2, 0) is 0 Å². The fourth-order valence-electron chi connectivity index (χ4n) is 0.813. The van der Waals surface area contributed by atoms with E-state index in [0.29, 0.717) is 10.6 Å². The topological polar surface area (TPSA) is 0 Å². The Balaban J connectivity index is 3.60. The molecule has 0 fully saturated rings. The molecule has 14 heavy (non-hydrogen) atoms. The molecule has 0 saturated carbocycles. The molecule has 0 radical (unpaired) electrons. The Morgan fingerprint density at radius 3 is 1.64 bits per heavy atom. The second-order valence-corrected chi connectivity index (χ2v) is 6.93. The molecule has 0 atom stereocenters. The average molecular weight is 511 g/mol. The molecule has 1 rings (SSSR count). The van der Waals surface area contributed by atoms with Crippen molar-refractivity contribution >= 4 is 98.5 Å². The van der Waals surface area contributed by atoms with E-state index in [1.807, 2.05) is 0 Å². The smallest absolute Gasteiger partial charge is 0.1000 e. The summed E-state index contributed by atoms with van der Waals surface area (Å²) in [6.07, 6.45) is 0. The highest BCUT2D eigenvalue weighted by molar-refractivity contribution is 9.15. The zero-order valence-electron chi connectivity index (χ0n) is 6.22. The average Bonchev–Trinajstić information content (AvgIpc) is 2.11. The fourth-order valence-corrected chi connectivity index (χ4v) is 4.53. The van der Waals surface area contributed by atoms with Crippen molar-refractivity contribution in [2.75, 3.05) is 0 Å². The van der Waals surface area contributed by atoms with E-state index < -0.39 is 4.84 Å². The lowest BCUT2D eigenvalue weighted by atomic mass is 10.2. The summed E-state index contributed by atoms with van der Waals surface area (Å²) in [5.74, 6) is 0. The molecular weight excluding hydrogens is 510 g/mol. The maximum atomic E-state index is 6.07. The summed E-state index contributed by atoms with van der Waals surface area (Å²) in [6.45, 7) is 0. The summed E-state index contributed by atoms with van der Waals surface area (Å²) >= 11 is 31.1. The highest BCUT2D eigenvalue weighted by Gasteiger charge is 2.21. The van der Waals surface area contributed by atoms with Crippen LogP contribution in [0, 0.1) is 0 Å². The Labute approximate surface area is 130 Å². The predicted octanol–water partition coefficient (Wildman–Crippen LogP) is 6.87. The number of halogens is 7. The lowest BCUT2D eigenvalue weighted by molar-refractivity contribution is 1.28. The molecule has 0 bridgehead atoms. The molecule has 0 aromatic heterocycles. The third kappa shape index (κ3) is 2.63. The highest BCUT2D eigenvalue weighted by Crippen LogP contribution is 2.48. The van der Waals surface area contributed by atoms with Gasteiger partial charge in [-0.2, -0.15) is 0 Å². The van der Waals surface area contributed by atoms with Gasteiger partial charge in [-0.15, -0.1) is 0 Å². The van der Waals surface area contributed by atoms with E-state index in [9.17, 15) is 0 Å². The van der Waals surface area contributed by atoms with Gasteiger partial charge in [-0.25, -0.2) is 0 Å². The van der Waals surface area contributed by atoms with Crippen LogP contribution in [0.3, 0.4) is 0 Å². The van der Waals surface area contributed by atoms with E-state index >= 15 is 0 Å². The zero-order chi connectivity index (χ0) is 11.0. The van der Waals surface area contributed by atoms with E-state index in [-0.39, 0.29) is 0 Å². The SMILES string of the molecule is Clc1c(Br)c(Br)c(Br)c(Br)c1C(Cl)Cl. The van der Waals surface area contributed by atoms with Gasteiger partial charge in [-0.3, -0.25) is 0 Å². The van der Waals surface area contributed by atoms with Crippen molar-refractivity contribution in [2.24, 2.45) is 0 Å². The van der Waals surface area contributed by atoms with Gasteiger partial charge in [0.05, 0.1) is 9.50 Å². The van der Waals surface area contributed by atoms with Crippen LogP contribution in [0.15, 0.2) is 17.9 Å². The Morgan fingerprint density at radius 1 is 0.786 bits per heavy atom. The van der Waals surface area contributed by atoms with E-state index in [1.54, 1.807) is 0 Å². The lowest BCUT2D eigenvalue weighted by Crippen LogP contribution is -1.91. The Bertz CT molecular complexity index is 349. The number of hydrogen-bond acceptors (Lipinski definition) is 0. The van der Waals surface area contributed by atoms with Gasteiger partial charge >= 0.3 is 0 Å². The Hall–Kier alpha value is 2.01. The van der Waals surface area contributed by atoms with Gasteiger partial charge in [0.25, 0.3) is 0 Å². The second-order valence-electron chi connectivity index (χ2n) is 2.28. The molecule has 0 N–H and O–H groups in total. The van der Waals surface area contributed by atoms with Crippen LogP contribution >= 0.6 is 98.5 Å². The predicted molar refractivity (Wildman–Crippen MR) is 76.7 cm³/mol. The molecule has 0 heterocycles. The number of alkyl halides is 2. The first kappa shape index (κ1) is 14.1. The van der Waals surface area contributed by atoms with Crippen molar-refractivity contribution in [2.45, 2.75) is 4.84 Å². The molecule has 0 aliphatic heterocycles. The van der Waals surface area contributed by atoms with Gasteiger partial charge < -0.3 is 0 Å². The molecule has 0 aliphatic carbocycles. The van der Waals surface area contributed by atoms with Crippen LogP contribution in [0.5, 0.6) is 0 Å². The molecule has 7 heteroatoms. The number of hydrogen-bond donors (Lipinski definition) is 0. The summed E-state index contributed by atoms with van der Waals surface area (Å²) in [7, 11) is 0. The molecule has 0 spiro atoms. The van der Waals surface area contributed by atoms with E-state index in [2.05, 4.69) is 63.7 Å². The zero-order valence-corrected chi connectivity index (χ0v) is 14.8. The first-order valence-corrected chi connectivity index (χ1v) is 7.59. The molecule has 0 aliphatic rings. The first-order valence-electron chi connectivity index (χ1n) is 3.17. The maximum absolute atomic E-state index is 6.07. The summed E-state index contributed by atoms with van der Waals surface area (Å²) in [5, 5.41) is 0.488. The normalized spacial score (nSPS) is 11.1. The second kappa shape index (κ2) is 5.56. The van der Waals surface area contributed by atoms with Crippen LogP contribution in [0.2, 0.25) is 5.02 Å². The van der Waals surface area contributed by atoms with Crippen molar-refractivity contribution in [1.29, 1.82) is 0 Å². The minimum absolute atomic E-state index is 0.488. The molecule has 0 unspecified atom stereocenters. The maximum Gasteiger partial charge on any atom is 0.135 e. The van der Waals surface area contributed by atoms with Gasteiger partial charge in [0, 0.05) is 19.0 Å². The largest absolute Gasteiger partial charge is 0.135 e. The molecule has 78 valence electrons. The van der Waals surface area contributed by atoms with Crippen molar-refractivity contribution in [1.82, 2.24) is 0 Å². The van der Waals surface area contributed by atoms with Crippen LogP contribution in [-0.4, -0.2) is 0 Å². The summed E-state index contributed by atoms with van der Waals surface area (Å²) < 4.78 is 3.09. The summed E-state index contributed by atoms with van der Waals surface area (Å²) in [6, 6.07) is 0. The standard InChI is InChI=1S/C7HBr4Cl3/c8-2-1(7(13)14)6(12)5(11)4(10)3(2)9/h7H. The van der Waals surface area contributed by atoms with Gasteiger partial charge in [0.1, 0.15) is 4.84 Å². The van der Waals surface area contributed by atoms with Gasteiger partial charge in [-0.05, 0) is 63.7 Å². The fraction of sp³-hybridized carbons (Fsp3) is 0.143. The summed E-state index contributed by atoms with van der Waals surface area (Å²) in [4.78, 5) is -0.683. The van der Waals surface area contributed by atoms with Crippen molar-refractivity contribution in [3.8, 4) is 0 Å². The number of benzene rings is 1. The van der Waals surface area contributed by atoms with Crippen molar-refractivity contribution in [3.05, 3.63) is 28.5 Å². The first-order chi connectivity index (χ1) is 6.37. The quantitative estimate of drug-likeness (QED) is 0.220. The van der Waals surface area contributed by atoms with E-state index in [0.717, 1.165) is 17.9 Å². The lowest BCUT2D eigenvalue weighted by Gasteiger charge is -2.13. The van der Waals surface area contributed by atoms with Gasteiger partial charge in [0.2, 0.25) is 0 Å². The van der Waals surface area contributed by atoms with Gasteiger partial charge in [-0.1, -0.05) is 34.8 Å². The van der Waals surface area contributed by atoms with Crippen molar-refractivity contribution < 1.29 is 0 Å².